The number of anilines is 1. The predicted octanol–water partition coefficient (Wildman–Crippen LogP) is 4.37. The van der Waals surface area contributed by atoms with Gasteiger partial charge < -0.3 is 14.8 Å². The van der Waals surface area contributed by atoms with Crippen LogP contribution < -0.4 is 10.1 Å². The van der Waals surface area contributed by atoms with Crippen LogP contribution in [0, 0.1) is 0 Å². The fourth-order valence-corrected chi connectivity index (χ4v) is 2.99. The summed E-state index contributed by atoms with van der Waals surface area (Å²) in [4.78, 5) is 25.0. The van der Waals surface area contributed by atoms with E-state index in [0.29, 0.717) is 21.9 Å². The summed E-state index contributed by atoms with van der Waals surface area (Å²) in [6.07, 6.45) is 0. The molecular formula is C20H17NO4S. The van der Waals surface area contributed by atoms with Crippen molar-refractivity contribution >= 4 is 28.9 Å². The van der Waals surface area contributed by atoms with Crippen LogP contribution in [0.5, 0.6) is 5.75 Å². The number of nitrogens with one attached hydrogen (secondary N) is 1. The predicted molar refractivity (Wildman–Crippen MR) is 101 cm³/mol. The number of hydrogen-bond donors (Lipinski definition) is 1. The average Bonchev–Trinajstić information content (AvgIpc) is 3.21. The SMILES string of the molecule is COc1ccccc1COC(=O)c1cccc(NC(=O)c2cccs2)c1. The van der Waals surface area contributed by atoms with Gasteiger partial charge in [0.15, 0.2) is 0 Å². The number of esters is 1. The number of carbonyl (C=O) groups is 2. The van der Waals surface area contributed by atoms with Gasteiger partial charge in [-0.05, 0) is 35.7 Å². The summed E-state index contributed by atoms with van der Waals surface area (Å²) in [5.74, 6) is -0.0140. The average molecular weight is 367 g/mol. The summed E-state index contributed by atoms with van der Waals surface area (Å²) in [5, 5.41) is 4.61. The Bertz CT molecular complexity index is 906. The highest BCUT2D eigenvalue weighted by Crippen LogP contribution is 2.20. The Morgan fingerprint density at radius 2 is 1.88 bits per heavy atom. The summed E-state index contributed by atoms with van der Waals surface area (Å²) in [6.45, 7) is 0.106. The molecule has 1 heterocycles. The zero-order valence-corrected chi connectivity index (χ0v) is 14.9. The van der Waals surface area contributed by atoms with Crippen LogP contribution in [0.2, 0.25) is 0 Å². The zero-order valence-electron chi connectivity index (χ0n) is 14.1. The number of para-hydroxylation sites is 1. The fourth-order valence-electron chi connectivity index (χ4n) is 2.37. The molecule has 6 heteroatoms. The number of methoxy groups -OCH3 is 1. The highest BCUT2D eigenvalue weighted by molar-refractivity contribution is 7.12. The molecule has 0 aliphatic heterocycles. The van der Waals surface area contributed by atoms with Crippen molar-refractivity contribution < 1.29 is 19.1 Å². The van der Waals surface area contributed by atoms with Crippen molar-refractivity contribution in [3.05, 3.63) is 82.0 Å². The first-order valence-corrected chi connectivity index (χ1v) is 8.79. The van der Waals surface area contributed by atoms with Gasteiger partial charge >= 0.3 is 5.97 Å². The van der Waals surface area contributed by atoms with Crippen LogP contribution in [0.25, 0.3) is 0 Å². The van der Waals surface area contributed by atoms with Gasteiger partial charge in [0.2, 0.25) is 0 Å². The number of rotatable bonds is 6. The van der Waals surface area contributed by atoms with Gasteiger partial charge in [-0.3, -0.25) is 4.79 Å². The van der Waals surface area contributed by atoms with Crippen LogP contribution in [0.1, 0.15) is 25.6 Å². The molecule has 0 atom stereocenters. The first-order valence-electron chi connectivity index (χ1n) is 7.91. The van der Waals surface area contributed by atoms with E-state index in [9.17, 15) is 9.59 Å². The van der Waals surface area contributed by atoms with E-state index in [1.54, 1.807) is 37.4 Å². The molecule has 0 aliphatic carbocycles. The molecule has 1 aromatic heterocycles. The minimum Gasteiger partial charge on any atom is -0.496 e. The van der Waals surface area contributed by atoms with E-state index in [-0.39, 0.29) is 12.5 Å². The van der Waals surface area contributed by atoms with Gasteiger partial charge in [0.25, 0.3) is 5.91 Å². The lowest BCUT2D eigenvalue weighted by molar-refractivity contribution is 0.0470. The molecule has 0 bridgehead atoms. The smallest absolute Gasteiger partial charge is 0.338 e. The second-order valence-electron chi connectivity index (χ2n) is 5.40. The van der Waals surface area contributed by atoms with E-state index in [2.05, 4.69) is 5.32 Å². The van der Waals surface area contributed by atoms with E-state index in [1.807, 2.05) is 35.7 Å². The van der Waals surface area contributed by atoms with Crippen molar-refractivity contribution in [3.8, 4) is 5.75 Å². The number of benzene rings is 2. The molecule has 0 fully saturated rings. The first-order chi connectivity index (χ1) is 12.7. The molecule has 26 heavy (non-hydrogen) atoms. The quantitative estimate of drug-likeness (QED) is 0.657. The zero-order chi connectivity index (χ0) is 18.4. The van der Waals surface area contributed by atoms with E-state index in [1.165, 1.54) is 11.3 Å². The summed E-state index contributed by atoms with van der Waals surface area (Å²) < 4.78 is 10.6. The van der Waals surface area contributed by atoms with Crippen LogP contribution >= 0.6 is 11.3 Å². The number of carbonyl (C=O) groups excluding carboxylic acids is 2. The summed E-state index contributed by atoms with van der Waals surface area (Å²) in [6, 6.07) is 17.6. The minimum absolute atomic E-state index is 0.106. The standard InChI is InChI=1S/C20H17NO4S/c1-24-17-9-3-2-6-15(17)13-25-20(23)14-7-4-8-16(12-14)21-19(22)18-10-5-11-26-18/h2-12H,13H2,1H3,(H,21,22). The van der Waals surface area contributed by atoms with Crippen molar-refractivity contribution in [2.75, 3.05) is 12.4 Å². The van der Waals surface area contributed by atoms with Gasteiger partial charge in [-0.2, -0.15) is 0 Å². The monoisotopic (exact) mass is 367 g/mol. The molecule has 3 rings (SSSR count). The Balaban J connectivity index is 1.65. The molecule has 5 nitrogen and oxygen atoms in total. The molecule has 2 aromatic carbocycles. The lowest BCUT2D eigenvalue weighted by Gasteiger charge is -2.10. The van der Waals surface area contributed by atoms with Crippen molar-refractivity contribution in [3.63, 3.8) is 0 Å². The van der Waals surface area contributed by atoms with Crippen molar-refractivity contribution in [1.29, 1.82) is 0 Å². The second kappa shape index (κ2) is 8.31. The second-order valence-corrected chi connectivity index (χ2v) is 6.35. The highest BCUT2D eigenvalue weighted by atomic mass is 32.1. The summed E-state index contributed by atoms with van der Waals surface area (Å²) in [5.41, 5.74) is 1.68. The normalized spacial score (nSPS) is 10.2. The molecule has 3 aromatic rings. The van der Waals surface area contributed by atoms with Crippen molar-refractivity contribution in [2.24, 2.45) is 0 Å². The maximum Gasteiger partial charge on any atom is 0.338 e. The van der Waals surface area contributed by atoms with Crippen molar-refractivity contribution in [1.82, 2.24) is 0 Å². The van der Waals surface area contributed by atoms with Crippen LogP contribution in [0.3, 0.4) is 0 Å². The Labute approximate surface area is 155 Å². The highest BCUT2D eigenvalue weighted by Gasteiger charge is 2.12. The minimum atomic E-state index is -0.469. The van der Waals surface area contributed by atoms with Gasteiger partial charge in [-0.25, -0.2) is 4.79 Å². The molecule has 0 saturated heterocycles. The molecule has 0 unspecified atom stereocenters. The Morgan fingerprint density at radius 3 is 2.65 bits per heavy atom. The van der Waals surface area contributed by atoms with Gasteiger partial charge in [0, 0.05) is 11.3 Å². The van der Waals surface area contributed by atoms with Crippen molar-refractivity contribution in [2.45, 2.75) is 6.61 Å². The van der Waals surface area contributed by atoms with Crippen LogP contribution in [0.4, 0.5) is 5.69 Å². The number of amides is 1. The van der Waals surface area contributed by atoms with E-state index < -0.39 is 5.97 Å². The van der Waals surface area contributed by atoms with Crippen LogP contribution in [-0.4, -0.2) is 19.0 Å². The van der Waals surface area contributed by atoms with Crippen LogP contribution in [0.15, 0.2) is 66.0 Å². The molecular weight excluding hydrogens is 350 g/mol. The van der Waals surface area contributed by atoms with E-state index in [0.717, 1.165) is 5.56 Å². The first kappa shape index (κ1) is 17.7. The fraction of sp³-hybridized carbons (Fsp3) is 0.100. The third-order valence-corrected chi connectivity index (χ3v) is 4.52. The van der Waals surface area contributed by atoms with Gasteiger partial charge in [-0.1, -0.05) is 30.3 Å². The molecule has 0 radical (unpaired) electrons. The number of ether oxygens (including phenoxy) is 2. The van der Waals surface area contributed by atoms with Gasteiger partial charge in [0.05, 0.1) is 17.6 Å². The van der Waals surface area contributed by atoms with E-state index >= 15 is 0 Å². The molecule has 1 amide bonds. The van der Waals surface area contributed by atoms with Crippen LogP contribution in [-0.2, 0) is 11.3 Å². The maximum absolute atomic E-state index is 12.3. The van der Waals surface area contributed by atoms with Gasteiger partial charge in [-0.15, -0.1) is 11.3 Å². The van der Waals surface area contributed by atoms with Gasteiger partial charge in [0.1, 0.15) is 12.4 Å². The molecule has 0 saturated carbocycles. The Kier molecular flexibility index (Phi) is 5.66. The summed E-state index contributed by atoms with van der Waals surface area (Å²) in [7, 11) is 1.57. The summed E-state index contributed by atoms with van der Waals surface area (Å²) >= 11 is 1.35. The third kappa shape index (κ3) is 4.29. The molecule has 1 N–H and O–H groups in total. The maximum atomic E-state index is 12.3. The number of thiophene rings is 1. The Hall–Kier alpha value is -3.12. The Morgan fingerprint density at radius 1 is 1.04 bits per heavy atom. The lowest BCUT2D eigenvalue weighted by atomic mass is 10.2. The lowest BCUT2D eigenvalue weighted by Crippen LogP contribution is -2.11. The third-order valence-electron chi connectivity index (χ3n) is 3.65. The molecule has 0 aliphatic rings. The topological polar surface area (TPSA) is 64.6 Å². The number of hydrogen-bond acceptors (Lipinski definition) is 5. The van der Waals surface area contributed by atoms with E-state index in [4.69, 9.17) is 9.47 Å². The molecule has 132 valence electrons. The molecule has 0 spiro atoms. The largest absolute Gasteiger partial charge is 0.496 e.